The first-order valence-electron chi connectivity index (χ1n) is 12.0. The minimum atomic E-state index is -0.672. The van der Waals surface area contributed by atoms with Gasteiger partial charge in [-0.15, -0.1) is 0 Å². The van der Waals surface area contributed by atoms with E-state index in [-0.39, 0.29) is 25.3 Å². The van der Waals surface area contributed by atoms with E-state index >= 15 is 0 Å². The van der Waals surface area contributed by atoms with Crippen molar-refractivity contribution in [1.29, 1.82) is 0 Å². The van der Waals surface area contributed by atoms with E-state index in [1.54, 1.807) is 13.8 Å². The standard InChI is InChI=1S/C26H32N4O4S2/c1-3-33-23(31)19-15-21(29-25(35)27-17-11-7-5-8-12-17)22(16-20(19)24(32)34-4-2)30-26(36)28-18-13-9-6-10-14-18/h5-14,19-22H,3-4,15-16H2,1-2H3,(H2,27,29,35)(H2,28,30,36)/t19-,20-,21-,22-/m1/s1. The SMILES string of the molecule is CCOC(=O)[C@@H]1C[C@@H](NC(=S)Nc2ccccc2)[C@H](NC(=S)Nc2ccccc2)C[C@H]1C(=O)OCC. The predicted molar refractivity (Wildman–Crippen MR) is 149 cm³/mol. The maximum absolute atomic E-state index is 12.8. The van der Waals surface area contributed by atoms with Gasteiger partial charge in [0, 0.05) is 23.5 Å². The summed E-state index contributed by atoms with van der Waals surface area (Å²) in [5.41, 5.74) is 1.67. The van der Waals surface area contributed by atoms with Gasteiger partial charge in [-0.2, -0.15) is 0 Å². The lowest BCUT2D eigenvalue weighted by Crippen LogP contribution is -2.59. The Labute approximate surface area is 222 Å². The van der Waals surface area contributed by atoms with Crippen LogP contribution >= 0.6 is 24.4 Å². The molecule has 0 spiro atoms. The van der Waals surface area contributed by atoms with Crippen molar-refractivity contribution in [3.8, 4) is 0 Å². The maximum atomic E-state index is 12.8. The smallest absolute Gasteiger partial charge is 0.309 e. The Hall–Kier alpha value is -3.24. The molecule has 1 aliphatic rings. The highest BCUT2D eigenvalue weighted by atomic mass is 32.1. The number of carbonyl (C=O) groups is 2. The molecule has 4 N–H and O–H groups in total. The molecule has 3 rings (SSSR count). The number of para-hydroxylation sites is 2. The third-order valence-electron chi connectivity index (χ3n) is 5.86. The van der Waals surface area contributed by atoms with E-state index in [1.165, 1.54) is 0 Å². The molecule has 0 bridgehead atoms. The summed E-state index contributed by atoms with van der Waals surface area (Å²) in [6.45, 7) is 3.94. The summed E-state index contributed by atoms with van der Waals surface area (Å²) in [6.07, 6.45) is 0.620. The third kappa shape index (κ3) is 7.89. The summed E-state index contributed by atoms with van der Waals surface area (Å²) >= 11 is 11.1. The predicted octanol–water partition coefficient (Wildman–Crippen LogP) is 3.85. The van der Waals surface area contributed by atoms with Gasteiger partial charge in [-0.05, 0) is 75.4 Å². The molecule has 4 atom stereocenters. The van der Waals surface area contributed by atoms with Crippen LogP contribution in [0.25, 0.3) is 0 Å². The largest absolute Gasteiger partial charge is 0.466 e. The molecule has 0 heterocycles. The van der Waals surface area contributed by atoms with Crippen LogP contribution in [-0.2, 0) is 19.1 Å². The Bertz CT molecular complexity index is 955. The number of benzene rings is 2. The van der Waals surface area contributed by atoms with E-state index in [0.29, 0.717) is 23.1 Å². The van der Waals surface area contributed by atoms with E-state index in [9.17, 15) is 9.59 Å². The summed E-state index contributed by atoms with van der Waals surface area (Å²) in [5, 5.41) is 13.8. The van der Waals surface area contributed by atoms with Gasteiger partial charge in [0.15, 0.2) is 10.2 Å². The van der Waals surface area contributed by atoms with Crippen molar-refractivity contribution in [1.82, 2.24) is 10.6 Å². The lowest BCUT2D eigenvalue weighted by atomic mass is 9.74. The van der Waals surface area contributed by atoms with Crippen LogP contribution in [-0.4, -0.2) is 47.5 Å². The van der Waals surface area contributed by atoms with Crippen LogP contribution in [0, 0.1) is 11.8 Å². The summed E-state index contributed by atoms with van der Waals surface area (Å²) < 4.78 is 10.6. The van der Waals surface area contributed by atoms with Crippen molar-refractivity contribution in [2.75, 3.05) is 23.8 Å². The highest BCUT2D eigenvalue weighted by Gasteiger charge is 2.46. The van der Waals surface area contributed by atoms with Gasteiger partial charge in [0.1, 0.15) is 0 Å². The van der Waals surface area contributed by atoms with Crippen molar-refractivity contribution in [2.45, 2.75) is 38.8 Å². The van der Waals surface area contributed by atoms with Crippen LogP contribution in [0.5, 0.6) is 0 Å². The molecule has 1 fully saturated rings. The first-order chi connectivity index (χ1) is 17.4. The molecule has 10 heteroatoms. The molecule has 2 aromatic rings. The molecule has 8 nitrogen and oxygen atoms in total. The molecule has 0 radical (unpaired) electrons. The summed E-state index contributed by atoms with van der Waals surface area (Å²) in [6, 6.07) is 18.5. The average Bonchev–Trinajstić information content (AvgIpc) is 2.86. The van der Waals surface area contributed by atoms with Gasteiger partial charge in [0.25, 0.3) is 0 Å². The second-order valence-corrected chi connectivity index (χ2v) is 9.15. The first-order valence-corrected chi connectivity index (χ1v) is 12.8. The molecule has 0 aromatic heterocycles. The maximum Gasteiger partial charge on any atom is 0.309 e. The van der Waals surface area contributed by atoms with Gasteiger partial charge in [0.2, 0.25) is 0 Å². The second-order valence-electron chi connectivity index (χ2n) is 8.33. The van der Waals surface area contributed by atoms with Crippen LogP contribution < -0.4 is 21.3 Å². The van der Waals surface area contributed by atoms with E-state index in [0.717, 1.165) is 11.4 Å². The second kappa shape index (κ2) is 13.7. The topological polar surface area (TPSA) is 101 Å². The summed E-state index contributed by atoms with van der Waals surface area (Å²) in [4.78, 5) is 25.7. The molecule has 0 unspecified atom stereocenters. The van der Waals surface area contributed by atoms with Gasteiger partial charge in [-0.1, -0.05) is 36.4 Å². The van der Waals surface area contributed by atoms with Gasteiger partial charge < -0.3 is 30.7 Å². The quantitative estimate of drug-likeness (QED) is 0.299. The molecule has 1 aliphatic carbocycles. The van der Waals surface area contributed by atoms with E-state index < -0.39 is 23.8 Å². The molecule has 2 aromatic carbocycles. The lowest BCUT2D eigenvalue weighted by molar-refractivity contribution is -0.163. The van der Waals surface area contributed by atoms with Crippen LogP contribution in [0.4, 0.5) is 11.4 Å². The Morgan fingerprint density at radius 2 is 1.08 bits per heavy atom. The van der Waals surface area contributed by atoms with Crippen molar-refractivity contribution >= 4 is 58.0 Å². The van der Waals surface area contributed by atoms with Crippen molar-refractivity contribution in [2.24, 2.45) is 11.8 Å². The average molecular weight is 529 g/mol. The number of nitrogens with one attached hydrogen (secondary N) is 4. The van der Waals surface area contributed by atoms with Gasteiger partial charge in [0.05, 0.1) is 25.0 Å². The van der Waals surface area contributed by atoms with E-state index in [2.05, 4.69) is 21.3 Å². The Kier molecular flexibility index (Phi) is 10.4. The molecular weight excluding hydrogens is 496 g/mol. The van der Waals surface area contributed by atoms with Crippen molar-refractivity contribution in [3.63, 3.8) is 0 Å². The number of hydrogen-bond acceptors (Lipinski definition) is 6. The zero-order valence-electron chi connectivity index (χ0n) is 20.4. The number of ether oxygens (including phenoxy) is 2. The molecule has 0 aliphatic heterocycles. The monoisotopic (exact) mass is 528 g/mol. The first kappa shape index (κ1) is 27.3. The molecule has 36 heavy (non-hydrogen) atoms. The number of esters is 2. The Morgan fingerprint density at radius 1 is 0.722 bits per heavy atom. The van der Waals surface area contributed by atoms with Gasteiger partial charge in [-0.3, -0.25) is 9.59 Å². The van der Waals surface area contributed by atoms with E-state index in [4.69, 9.17) is 33.9 Å². The third-order valence-corrected chi connectivity index (χ3v) is 6.30. The molecule has 0 saturated heterocycles. The zero-order chi connectivity index (χ0) is 25.9. The van der Waals surface area contributed by atoms with Crippen LogP contribution in [0.3, 0.4) is 0 Å². The normalized spacial score (nSPS) is 20.9. The fourth-order valence-corrected chi connectivity index (χ4v) is 4.80. The number of hydrogen-bond donors (Lipinski definition) is 4. The number of carbonyl (C=O) groups excluding carboxylic acids is 2. The van der Waals surface area contributed by atoms with Crippen LogP contribution in [0.15, 0.2) is 60.7 Å². The zero-order valence-corrected chi connectivity index (χ0v) is 22.0. The Morgan fingerprint density at radius 3 is 1.42 bits per heavy atom. The molecule has 0 amide bonds. The van der Waals surface area contributed by atoms with Crippen molar-refractivity contribution in [3.05, 3.63) is 60.7 Å². The molecular formula is C26H32N4O4S2. The number of anilines is 2. The van der Waals surface area contributed by atoms with Crippen molar-refractivity contribution < 1.29 is 19.1 Å². The van der Waals surface area contributed by atoms with E-state index in [1.807, 2.05) is 60.7 Å². The molecule has 192 valence electrons. The van der Waals surface area contributed by atoms with Gasteiger partial charge in [-0.25, -0.2) is 0 Å². The Balaban J connectivity index is 1.80. The summed E-state index contributed by atoms with van der Waals surface area (Å²) in [7, 11) is 0. The van der Waals surface area contributed by atoms with Crippen LogP contribution in [0.2, 0.25) is 0 Å². The lowest BCUT2D eigenvalue weighted by Gasteiger charge is -2.40. The fraction of sp³-hybridized carbons (Fsp3) is 0.385. The summed E-state index contributed by atoms with van der Waals surface area (Å²) in [5.74, 6) is -2.19. The highest BCUT2D eigenvalue weighted by Crippen LogP contribution is 2.33. The minimum absolute atomic E-state index is 0.226. The number of rotatable bonds is 8. The minimum Gasteiger partial charge on any atom is -0.466 e. The fourth-order valence-electron chi connectivity index (χ4n) is 4.26. The highest BCUT2D eigenvalue weighted by molar-refractivity contribution is 7.80. The molecule has 1 saturated carbocycles. The van der Waals surface area contributed by atoms with Gasteiger partial charge >= 0.3 is 11.9 Å². The van der Waals surface area contributed by atoms with Crippen LogP contribution in [0.1, 0.15) is 26.7 Å². The number of thiocarbonyl (C=S) groups is 2.